The van der Waals surface area contributed by atoms with E-state index in [1.54, 1.807) is 0 Å². The lowest BCUT2D eigenvalue weighted by Crippen LogP contribution is -2.25. The van der Waals surface area contributed by atoms with Gasteiger partial charge in [-0.3, -0.25) is 4.79 Å². The largest absolute Gasteiger partial charge is 0.351 e. The molecule has 2 rings (SSSR count). The summed E-state index contributed by atoms with van der Waals surface area (Å²) in [5.74, 6) is 1.88. The molecule has 0 heterocycles. The Balaban J connectivity index is 1.66. The number of amides is 1. The van der Waals surface area contributed by atoms with Gasteiger partial charge in [0.25, 0.3) is 5.91 Å². The molecule has 0 aliphatic carbocycles. The summed E-state index contributed by atoms with van der Waals surface area (Å²) in [5, 5.41) is 2.93. The molecule has 0 aliphatic rings. The van der Waals surface area contributed by atoms with Crippen LogP contribution in [0.15, 0.2) is 59.1 Å². The van der Waals surface area contributed by atoms with Gasteiger partial charge in [-0.25, -0.2) is 0 Å². The van der Waals surface area contributed by atoms with E-state index in [2.05, 4.69) is 33.4 Å². The molecule has 0 aliphatic heterocycles. The van der Waals surface area contributed by atoms with Crippen LogP contribution in [0, 0.1) is 0 Å². The third-order valence-corrected chi connectivity index (χ3v) is 4.31. The highest BCUT2D eigenvalue weighted by Gasteiger charge is 2.03. The van der Waals surface area contributed by atoms with Gasteiger partial charge in [0.2, 0.25) is 0 Å². The Morgan fingerprint density at radius 1 is 1.05 bits per heavy atom. The van der Waals surface area contributed by atoms with Crippen molar-refractivity contribution >= 4 is 33.6 Å². The van der Waals surface area contributed by atoms with Gasteiger partial charge in [0, 0.05) is 28.1 Å². The minimum absolute atomic E-state index is 0.0159. The zero-order valence-corrected chi connectivity index (χ0v) is 13.4. The Bertz CT molecular complexity index is 542. The number of halogens is 1. The third-order valence-electron chi connectivity index (χ3n) is 2.75. The topological polar surface area (TPSA) is 29.1 Å². The third kappa shape index (κ3) is 5.02. The summed E-state index contributed by atoms with van der Waals surface area (Å²) in [6.45, 7) is 0.687. The van der Waals surface area contributed by atoms with Gasteiger partial charge < -0.3 is 5.32 Å². The maximum Gasteiger partial charge on any atom is 0.251 e. The lowest BCUT2D eigenvalue weighted by atomic mass is 10.2. The molecule has 0 aromatic heterocycles. The lowest BCUT2D eigenvalue weighted by molar-refractivity contribution is 0.0956. The van der Waals surface area contributed by atoms with Crippen LogP contribution in [0.25, 0.3) is 0 Å². The van der Waals surface area contributed by atoms with Crippen molar-refractivity contribution in [1.29, 1.82) is 0 Å². The Kier molecular flexibility index (Phi) is 6.15. The van der Waals surface area contributed by atoms with Crippen LogP contribution in [0.1, 0.15) is 15.9 Å². The van der Waals surface area contributed by atoms with Gasteiger partial charge in [-0.05, 0) is 29.8 Å². The van der Waals surface area contributed by atoms with Crippen LogP contribution in [0.2, 0.25) is 0 Å². The monoisotopic (exact) mass is 349 g/mol. The maximum atomic E-state index is 11.9. The summed E-state index contributed by atoms with van der Waals surface area (Å²) in [6.07, 6.45) is 0. The average molecular weight is 350 g/mol. The van der Waals surface area contributed by atoms with Gasteiger partial charge >= 0.3 is 0 Å². The van der Waals surface area contributed by atoms with E-state index in [0.29, 0.717) is 12.1 Å². The summed E-state index contributed by atoms with van der Waals surface area (Å²) >= 11 is 5.18. The highest BCUT2D eigenvalue weighted by atomic mass is 79.9. The van der Waals surface area contributed by atoms with E-state index in [9.17, 15) is 4.79 Å². The molecule has 2 aromatic carbocycles. The summed E-state index contributed by atoms with van der Waals surface area (Å²) < 4.78 is 0.979. The molecule has 0 atom stereocenters. The van der Waals surface area contributed by atoms with E-state index in [1.165, 1.54) is 5.56 Å². The first-order valence-corrected chi connectivity index (χ1v) is 8.36. The number of hydrogen-bond acceptors (Lipinski definition) is 2. The average Bonchev–Trinajstić information content (AvgIpc) is 2.48. The van der Waals surface area contributed by atoms with E-state index in [0.717, 1.165) is 16.0 Å². The molecule has 0 fully saturated rings. The zero-order chi connectivity index (χ0) is 14.2. The molecule has 0 unspecified atom stereocenters. The predicted octanol–water partition coefficient (Wildman–Crippen LogP) is 4.11. The Hall–Kier alpha value is -1.26. The summed E-state index contributed by atoms with van der Waals surface area (Å²) in [7, 11) is 0. The molecule has 0 bridgehead atoms. The fourth-order valence-corrected chi connectivity index (χ4v) is 2.79. The van der Waals surface area contributed by atoms with Gasteiger partial charge in [0.05, 0.1) is 0 Å². The van der Waals surface area contributed by atoms with Gasteiger partial charge in [0.1, 0.15) is 0 Å². The molecular formula is C16H16BrNOS. The number of nitrogens with one attached hydrogen (secondary N) is 1. The van der Waals surface area contributed by atoms with E-state index >= 15 is 0 Å². The van der Waals surface area contributed by atoms with Crippen LogP contribution in [0.3, 0.4) is 0 Å². The second-order valence-corrected chi connectivity index (χ2v) is 6.32. The van der Waals surface area contributed by atoms with E-state index in [4.69, 9.17) is 0 Å². The molecule has 0 saturated carbocycles. The van der Waals surface area contributed by atoms with Crippen molar-refractivity contribution in [3.05, 3.63) is 70.2 Å². The fourth-order valence-electron chi connectivity index (χ4n) is 1.70. The Morgan fingerprint density at radius 3 is 2.45 bits per heavy atom. The van der Waals surface area contributed by atoms with Gasteiger partial charge in [0.15, 0.2) is 0 Å². The molecular weight excluding hydrogens is 334 g/mol. The van der Waals surface area contributed by atoms with Crippen molar-refractivity contribution in [3.8, 4) is 0 Å². The number of benzene rings is 2. The van der Waals surface area contributed by atoms with Crippen molar-refractivity contribution < 1.29 is 4.79 Å². The number of carbonyl (C=O) groups is 1. The van der Waals surface area contributed by atoms with E-state index < -0.39 is 0 Å². The molecule has 1 amide bonds. The second kappa shape index (κ2) is 8.12. The van der Waals surface area contributed by atoms with Crippen LogP contribution in [0.4, 0.5) is 0 Å². The molecule has 0 saturated heterocycles. The molecule has 1 N–H and O–H groups in total. The smallest absolute Gasteiger partial charge is 0.251 e. The molecule has 104 valence electrons. The first-order valence-electron chi connectivity index (χ1n) is 6.41. The molecule has 2 nitrogen and oxygen atoms in total. The Morgan fingerprint density at radius 2 is 1.75 bits per heavy atom. The first kappa shape index (κ1) is 15.1. The van der Waals surface area contributed by atoms with Crippen LogP contribution in [-0.2, 0) is 5.75 Å². The fraction of sp³-hybridized carbons (Fsp3) is 0.188. The van der Waals surface area contributed by atoms with Crippen LogP contribution in [0.5, 0.6) is 0 Å². The predicted molar refractivity (Wildman–Crippen MR) is 89.1 cm³/mol. The SMILES string of the molecule is O=C(NCCSCc1ccccc1)c1ccc(Br)cc1. The van der Waals surface area contributed by atoms with Crippen molar-refractivity contribution in [1.82, 2.24) is 5.32 Å². The van der Waals surface area contributed by atoms with Crippen LogP contribution < -0.4 is 5.32 Å². The van der Waals surface area contributed by atoms with Crippen molar-refractivity contribution in [2.24, 2.45) is 0 Å². The number of carbonyl (C=O) groups excluding carboxylic acids is 1. The van der Waals surface area contributed by atoms with Crippen LogP contribution in [-0.4, -0.2) is 18.2 Å². The number of thioether (sulfide) groups is 1. The summed E-state index contributed by atoms with van der Waals surface area (Å²) in [4.78, 5) is 11.9. The summed E-state index contributed by atoms with van der Waals surface area (Å²) in [5.41, 5.74) is 2.01. The van der Waals surface area contributed by atoms with Gasteiger partial charge in [-0.1, -0.05) is 46.3 Å². The Labute approximate surface area is 132 Å². The highest BCUT2D eigenvalue weighted by Crippen LogP contribution is 2.12. The van der Waals surface area contributed by atoms with E-state index in [1.807, 2.05) is 54.2 Å². The minimum atomic E-state index is -0.0159. The first-order chi connectivity index (χ1) is 9.75. The molecule has 0 spiro atoms. The molecule has 0 radical (unpaired) electrons. The normalized spacial score (nSPS) is 10.2. The number of hydrogen-bond donors (Lipinski definition) is 1. The van der Waals surface area contributed by atoms with Gasteiger partial charge in [-0.15, -0.1) is 0 Å². The van der Waals surface area contributed by atoms with E-state index in [-0.39, 0.29) is 5.91 Å². The molecule has 4 heteroatoms. The van der Waals surface area contributed by atoms with Crippen molar-refractivity contribution in [2.75, 3.05) is 12.3 Å². The highest BCUT2D eigenvalue weighted by molar-refractivity contribution is 9.10. The minimum Gasteiger partial charge on any atom is -0.351 e. The standard InChI is InChI=1S/C16H16BrNOS/c17-15-8-6-14(7-9-15)16(19)18-10-11-20-12-13-4-2-1-3-5-13/h1-9H,10-12H2,(H,18,19). The number of rotatable bonds is 6. The zero-order valence-electron chi connectivity index (χ0n) is 11.0. The molecule has 20 heavy (non-hydrogen) atoms. The second-order valence-electron chi connectivity index (χ2n) is 4.30. The van der Waals surface area contributed by atoms with Crippen molar-refractivity contribution in [2.45, 2.75) is 5.75 Å². The van der Waals surface area contributed by atoms with Crippen LogP contribution >= 0.6 is 27.7 Å². The quantitative estimate of drug-likeness (QED) is 0.795. The maximum absolute atomic E-state index is 11.9. The molecule has 2 aromatic rings. The lowest BCUT2D eigenvalue weighted by Gasteiger charge is -2.05. The van der Waals surface area contributed by atoms with Gasteiger partial charge in [-0.2, -0.15) is 11.8 Å². The van der Waals surface area contributed by atoms with Crippen molar-refractivity contribution in [3.63, 3.8) is 0 Å². The summed E-state index contributed by atoms with van der Waals surface area (Å²) in [6, 6.07) is 17.7.